The predicted octanol–water partition coefficient (Wildman–Crippen LogP) is 3.59. The fourth-order valence-corrected chi connectivity index (χ4v) is 3.41. The molecule has 1 N–H and O–H groups in total. The van der Waals surface area contributed by atoms with Gasteiger partial charge in [0.2, 0.25) is 16.9 Å². The van der Waals surface area contributed by atoms with E-state index in [9.17, 15) is 0 Å². The van der Waals surface area contributed by atoms with Gasteiger partial charge in [0.25, 0.3) is 0 Å². The maximum Gasteiger partial charge on any atom is 0.237 e. The lowest BCUT2D eigenvalue weighted by atomic mass is 10.2. The SMILES string of the molecule is c1ccc(-c2noc(CSc3n[nH]c(-c4ccc5c(c4)OCCO5)n3)n2)cc1. The maximum absolute atomic E-state index is 5.62. The third-order valence-corrected chi connectivity index (χ3v) is 4.94. The number of hydrogen-bond donors (Lipinski definition) is 1. The minimum absolute atomic E-state index is 0.484. The summed E-state index contributed by atoms with van der Waals surface area (Å²) in [7, 11) is 0. The molecule has 0 unspecified atom stereocenters. The molecule has 9 heteroatoms. The Hall–Kier alpha value is -3.33. The minimum Gasteiger partial charge on any atom is -0.486 e. The molecule has 0 atom stereocenters. The number of H-pyrrole nitrogens is 1. The van der Waals surface area contributed by atoms with Gasteiger partial charge in [0.1, 0.15) is 13.2 Å². The van der Waals surface area contributed by atoms with Crippen molar-refractivity contribution in [3.8, 4) is 34.3 Å². The Morgan fingerprint density at radius 3 is 2.68 bits per heavy atom. The number of aromatic nitrogens is 5. The third kappa shape index (κ3) is 3.44. The first-order chi connectivity index (χ1) is 13.8. The molecule has 5 rings (SSSR count). The molecule has 1 aliphatic heterocycles. The molecule has 0 aliphatic carbocycles. The molecule has 8 nitrogen and oxygen atoms in total. The smallest absolute Gasteiger partial charge is 0.237 e. The van der Waals surface area contributed by atoms with Gasteiger partial charge in [-0.3, -0.25) is 5.10 Å². The first-order valence-electron chi connectivity index (χ1n) is 8.68. The molecular formula is C19H15N5O3S. The zero-order valence-electron chi connectivity index (χ0n) is 14.7. The molecular weight excluding hydrogens is 378 g/mol. The van der Waals surface area contributed by atoms with E-state index in [1.165, 1.54) is 11.8 Å². The number of rotatable bonds is 5. The highest BCUT2D eigenvalue weighted by Crippen LogP contribution is 2.34. The first-order valence-corrected chi connectivity index (χ1v) is 9.67. The van der Waals surface area contributed by atoms with Gasteiger partial charge in [0.05, 0.1) is 5.75 Å². The van der Waals surface area contributed by atoms with E-state index in [1.54, 1.807) is 0 Å². The van der Waals surface area contributed by atoms with Crippen molar-refractivity contribution in [3.63, 3.8) is 0 Å². The van der Waals surface area contributed by atoms with Crippen LogP contribution in [0.2, 0.25) is 0 Å². The van der Waals surface area contributed by atoms with Crippen LogP contribution in [0.4, 0.5) is 0 Å². The second-order valence-corrected chi connectivity index (χ2v) is 6.93. The molecule has 4 aromatic rings. The van der Waals surface area contributed by atoms with Crippen molar-refractivity contribution in [1.29, 1.82) is 0 Å². The van der Waals surface area contributed by atoms with Gasteiger partial charge in [0, 0.05) is 11.1 Å². The molecule has 140 valence electrons. The lowest BCUT2D eigenvalue weighted by Crippen LogP contribution is -2.15. The van der Waals surface area contributed by atoms with Gasteiger partial charge in [-0.15, -0.1) is 5.10 Å². The summed E-state index contributed by atoms with van der Waals surface area (Å²) < 4.78 is 16.5. The number of fused-ring (bicyclic) bond motifs is 1. The van der Waals surface area contributed by atoms with Crippen molar-refractivity contribution < 1.29 is 14.0 Å². The molecule has 0 bridgehead atoms. The fraction of sp³-hybridized carbons (Fsp3) is 0.158. The highest BCUT2D eigenvalue weighted by Gasteiger charge is 2.15. The zero-order valence-corrected chi connectivity index (χ0v) is 15.5. The summed E-state index contributed by atoms with van der Waals surface area (Å²) in [5.41, 5.74) is 1.80. The zero-order chi connectivity index (χ0) is 18.8. The average Bonchev–Trinajstić information content (AvgIpc) is 3.42. The highest BCUT2D eigenvalue weighted by molar-refractivity contribution is 7.98. The summed E-state index contributed by atoms with van der Waals surface area (Å²) in [6, 6.07) is 15.4. The lowest BCUT2D eigenvalue weighted by molar-refractivity contribution is 0.171. The van der Waals surface area contributed by atoms with E-state index in [1.807, 2.05) is 48.5 Å². The summed E-state index contributed by atoms with van der Waals surface area (Å²) in [6.45, 7) is 1.11. The maximum atomic E-state index is 5.62. The summed E-state index contributed by atoms with van der Waals surface area (Å²) in [6.07, 6.45) is 0. The van der Waals surface area contributed by atoms with Gasteiger partial charge in [-0.1, -0.05) is 47.3 Å². The van der Waals surface area contributed by atoms with E-state index in [0.29, 0.717) is 47.4 Å². The molecule has 2 aromatic carbocycles. The molecule has 0 fully saturated rings. The van der Waals surface area contributed by atoms with Crippen LogP contribution >= 0.6 is 11.8 Å². The Kier molecular flexibility index (Phi) is 4.42. The Morgan fingerprint density at radius 2 is 1.79 bits per heavy atom. The lowest BCUT2D eigenvalue weighted by Gasteiger charge is -2.18. The molecule has 0 saturated carbocycles. The molecule has 0 spiro atoms. The van der Waals surface area contributed by atoms with E-state index < -0.39 is 0 Å². The van der Waals surface area contributed by atoms with E-state index in [0.717, 1.165) is 16.9 Å². The van der Waals surface area contributed by atoms with Crippen LogP contribution in [0, 0.1) is 0 Å². The van der Waals surface area contributed by atoms with E-state index in [4.69, 9.17) is 14.0 Å². The average molecular weight is 393 g/mol. The van der Waals surface area contributed by atoms with Gasteiger partial charge in [-0.25, -0.2) is 4.98 Å². The largest absolute Gasteiger partial charge is 0.486 e. The summed E-state index contributed by atoms with van der Waals surface area (Å²) in [5.74, 6) is 3.70. The van der Waals surface area contributed by atoms with Crippen LogP contribution in [0.5, 0.6) is 11.5 Å². The number of ether oxygens (including phenoxy) is 2. The van der Waals surface area contributed by atoms with Crippen molar-refractivity contribution >= 4 is 11.8 Å². The quantitative estimate of drug-likeness (QED) is 0.514. The van der Waals surface area contributed by atoms with Crippen molar-refractivity contribution in [2.24, 2.45) is 0 Å². The fourth-order valence-electron chi connectivity index (χ4n) is 2.77. The Labute approximate surface area is 164 Å². The van der Waals surface area contributed by atoms with Crippen LogP contribution in [0.25, 0.3) is 22.8 Å². The van der Waals surface area contributed by atoms with Crippen molar-refractivity contribution in [2.45, 2.75) is 10.9 Å². The number of aromatic amines is 1. The highest BCUT2D eigenvalue weighted by atomic mass is 32.2. The predicted molar refractivity (Wildman–Crippen MR) is 102 cm³/mol. The van der Waals surface area contributed by atoms with Gasteiger partial charge in [-0.05, 0) is 18.2 Å². The number of hydrogen-bond acceptors (Lipinski definition) is 8. The van der Waals surface area contributed by atoms with Crippen molar-refractivity contribution in [1.82, 2.24) is 25.3 Å². The normalized spacial score (nSPS) is 12.9. The Bertz CT molecular complexity index is 1100. The van der Waals surface area contributed by atoms with Crippen molar-refractivity contribution in [3.05, 3.63) is 54.4 Å². The minimum atomic E-state index is 0.484. The number of thioether (sulfide) groups is 1. The summed E-state index contributed by atoms with van der Waals surface area (Å²) in [4.78, 5) is 8.93. The molecule has 28 heavy (non-hydrogen) atoms. The topological polar surface area (TPSA) is 99.0 Å². The second-order valence-electron chi connectivity index (χ2n) is 5.99. The molecule has 2 aromatic heterocycles. The van der Waals surface area contributed by atoms with Crippen LogP contribution < -0.4 is 9.47 Å². The molecule has 1 aliphatic rings. The van der Waals surface area contributed by atoms with E-state index in [-0.39, 0.29) is 0 Å². The van der Waals surface area contributed by atoms with Gasteiger partial charge in [-0.2, -0.15) is 4.98 Å². The second kappa shape index (κ2) is 7.35. The summed E-state index contributed by atoms with van der Waals surface area (Å²) in [5, 5.41) is 11.8. The number of nitrogens with zero attached hydrogens (tertiary/aromatic N) is 4. The van der Waals surface area contributed by atoms with E-state index in [2.05, 4.69) is 25.3 Å². The van der Waals surface area contributed by atoms with E-state index >= 15 is 0 Å². The molecule has 0 saturated heterocycles. The first kappa shape index (κ1) is 16.8. The monoisotopic (exact) mass is 393 g/mol. The Morgan fingerprint density at radius 1 is 0.929 bits per heavy atom. The Balaban J connectivity index is 1.27. The van der Waals surface area contributed by atoms with Gasteiger partial charge >= 0.3 is 0 Å². The van der Waals surface area contributed by atoms with Crippen LogP contribution in [0.1, 0.15) is 5.89 Å². The van der Waals surface area contributed by atoms with Crippen LogP contribution in [-0.4, -0.2) is 38.5 Å². The van der Waals surface area contributed by atoms with Gasteiger partial charge < -0.3 is 14.0 Å². The van der Waals surface area contributed by atoms with Crippen LogP contribution in [-0.2, 0) is 5.75 Å². The number of benzene rings is 2. The summed E-state index contributed by atoms with van der Waals surface area (Å²) >= 11 is 1.42. The van der Waals surface area contributed by atoms with Crippen molar-refractivity contribution in [2.75, 3.05) is 13.2 Å². The van der Waals surface area contributed by atoms with Gasteiger partial charge in [0.15, 0.2) is 17.3 Å². The standard InChI is InChI=1S/C19H15N5O3S/c1-2-4-12(5-3-1)18-20-16(27-24-18)11-28-19-21-17(22-23-19)13-6-7-14-15(10-13)26-9-8-25-14/h1-7,10H,8-9,11H2,(H,21,22,23). The number of nitrogens with one attached hydrogen (secondary N) is 1. The third-order valence-electron chi connectivity index (χ3n) is 4.11. The molecule has 3 heterocycles. The molecule has 0 radical (unpaired) electrons. The van der Waals surface area contributed by atoms with Crippen LogP contribution in [0.15, 0.2) is 58.2 Å². The van der Waals surface area contributed by atoms with Crippen LogP contribution in [0.3, 0.4) is 0 Å². The molecule has 0 amide bonds.